The predicted molar refractivity (Wildman–Crippen MR) is 108 cm³/mol. The molecule has 0 spiro atoms. The molecular weight excluding hydrogens is 370 g/mol. The Labute approximate surface area is 167 Å². The highest BCUT2D eigenvalue weighted by Gasteiger charge is 2.18. The molecule has 0 fully saturated rings. The zero-order chi connectivity index (χ0) is 20.4. The van der Waals surface area contributed by atoms with Crippen LogP contribution in [0.25, 0.3) is 16.8 Å². The summed E-state index contributed by atoms with van der Waals surface area (Å²) in [6.45, 7) is 1.78. The number of anilines is 1. The SMILES string of the molecule is COc1ccc(-c2cnn3c(C)c(C(=O)Nc4cccc(OC)c4)nnc23)cc1. The second kappa shape index (κ2) is 7.59. The molecule has 0 bridgehead atoms. The van der Waals surface area contributed by atoms with Gasteiger partial charge in [-0.05, 0) is 36.8 Å². The largest absolute Gasteiger partial charge is 0.497 e. The van der Waals surface area contributed by atoms with Crippen molar-refractivity contribution in [2.45, 2.75) is 6.92 Å². The third-order valence-electron chi connectivity index (χ3n) is 4.59. The zero-order valence-electron chi connectivity index (χ0n) is 16.2. The van der Waals surface area contributed by atoms with Gasteiger partial charge in [0, 0.05) is 17.3 Å². The summed E-state index contributed by atoms with van der Waals surface area (Å²) in [7, 11) is 3.19. The van der Waals surface area contributed by atoms with Crippen molar-refractivity contribution in [1.82, 2.24) is 19.8 Å². The highest BCUT2D eigenvalue weighted by molar-refractivity contribution is 6.03. The van der Waals surface area contributed by atoms with Crippen LogP contribution in [0.15, 0.2) is 54.7 Å². The molecule has 0 unspecified atom stereocenters. The smallest absolute Gasteiger partial charge is 0.278 e. The summed E-state index contributed by atoms with van der Waals surface area (Å²) < 4.78 is 12.0. The fraction of sp³-hybridized carbons (Fsp3) is 0.143. The second-order valence-electron chi connectivity index (χ2n) is 6.34. The maximum absolute atomic E-state index is 12.7. The third kappa shape index (κ3) is 3.47. The van der Waals surface area contributed by atoms with E-state index < -0.39 is 0 Å². The molecule has 1 N–H and O–H groups in total. The van der Waals surface area contributed by atoms with E-state index in [1.807, 2.05) is 24.3 Å². The van der Waals surface area contributed by atoms with Gasteiger partial charge in [-0.1, -0.05) is 18.2 Å². The van der Waals surface area contributed by atoms with Gasteiger partial charge in [0.15, 0.2) is 11.3 Å². The molecule has 2 aromatic carbocycles. The number of fused-ring (bicyclic) bond motifs is 1. The minimum absolute atomic E-state index is 0.199. The molecule has 8 heteroatoms. The Morgan fingerprint density at radius 3 is 2.48 bits per heavy atom. The van der Waals surface area contributed by atoms with Crippen molar-refractivity contribution < 1.29 is 14.3 Å². The molecule has 0 saturated carbocycles. The van der Waals surface area contributed by atoms with Gasteiger partial charge < -0.3 is 14.8 Å². The van der Waals surface area contributed by atoms with E-state index in [4.69, 9.17) is 9.47 Å². The van der Waals surface area contributed by atoms with Crippen molar-refractivity contribution in [2.75, 3.05) is 19.5 Å². The van der Waals surface area contributed by atoms with Crippen molar-refractivity contribution in [3.8, 4) is 22.6 Å². The van der Waals surface area contributed by atoms with Gasteiger partial charge in [0.05, 0.1) is 26.1 Å². The van der Waals surface area contributed by atoms with Crippen LogP contribution >= 0.6 is 0 Å². The van der Waals surface area contributed by atoms with Crippen molar-refractivity contribution in [1.29, 1.82) is 0 Å². The van der Waals surface area contributed by atoms with Gasteiger partial charge in [0.25, 0.3) is 5.91 Å². The quantitative estimate of drug-likeness (QED) is 0.563. The first-order chi connectivity index (χ1) is 14.1. The number of methoxy groups -OCH3 is 2. The van der Waals surface area contributed by atoms with Gasteiger partial charge in [-0.15, -0.1) is 10.2 Å². The summed E-state index contributed by atoms with van der Waals surface area (Å²) in [5.41, 5.74) is 3.73. The van der Waals surface area contributed by atoms with Crippen LogP contribution < -0.4 is 14.8 Å². The van der Waals surface area contributed by atoms with E-state index in [1.165, 1.54) is 0 Å². The molecule has 0 radical (unpaired) electrons. The number of carbonyl (C=O) groups excluding carboxylic acids is 1. The molecule has 2 aromatic heterocycles. The van der Waals surface area contributed by atoms with E-state index in [0.29, 0.717) is 22.8 Å². The molecule has 29 heavy (non-hydrogen) atoms. The number of ether oxygens (including phenoxy) is 2. The Morgan fingerprint density at radius 1 is 1.00 bits per heavy atom. The maximum Gasteiger partial charge on any atom is 0.278 e. The Hall–Kier alpha value is -3.94. The topological polar surface area (TPSA) is 90.6 Å². The lowest BCUT2D eigenvalue weighted by Gasteiger charge is -2.09. The van der Waals surface area contributed by atoms with E-state index in [2.05, 4.69) is 20.6 Å². The number of carbonyl (C=O) groups is 1. The highest BCUT2D eigenvalue weighted by Crippen LogP contribution is 2.26. The molecule has 0 atom stereocenters. The first kappa shape index (κ1) is 18.4. The number of benzene rings is 2. The van der Waals surface area contributed by atoms with E-state index in [-0.39, 0.29) is 11.6 Å². The van der Waals surface area contributed by atoms with Crippen LogP contribution in [0.4, 0.5) is 5.69 Å². The second-order valence-corrected chi connectivity index (χ2v) is 6.34. The van der Waals surface area contributed by atoms with Crippen LogP contribution in [0.1, 0.15) is 16.2 Å². The van der Waals surface area contributed by atoms with Crippen LogP contribution in [-0.4, -0.2) is 39.9 Å². The number of rotatable bonds is 5. The average molecular weight is 389 g/mol. The van der Waals surface area contributed by atoms with Crippen LogP contribution in [0, 0.1) is 6.92 Å². The standard InChI is InChI=1S/C21H19N5O3/c1-13-19(21(27)23-15-5-4-6-17(11-15)29-3)24-25-20-18(12-22-26(13)20)14-7-9-16(28-2)10-8-14/h4-12H,1-3H3,(H,23,27). The minimum Gasteiger partial charge on any atom is -0.497 e. The summed E-state index contributed by atoms with van der Waals surface area (Å²) >= 11 is 0. The summed E-state index contributed by atoms with van der Waals surface area (Å²) in [4.78, 5) is 12.7. The van der Waals surface area contributed by atoms with Gasteiger partial charge in [0.2, 0.25) is 0 Å². The van der Waals surface area contributed by atoms with Crippen molar-refractivity contribution in [3.05, 3.63) is 66.1 Å². The molecule has 2 heterocycles. The molecule has 0 aliphatic carbocycles. The van der Waals surface area contributed by atoms with Crippen LogP contribution in [0.2, 0.25) is 0 Å². The highest BCUT2D eigenvalue weighted by atomic mass is 16.5. The fourth-order valence-corrected chi connectivity index (χ4v) is 3.03. The summed E-state index contributed by atoms with van der Waals surface area (Å²) in [6.07, 6.45) is 1.71. The number of hydrogen-bond acceptors (Lipinski definition) is 6. The lowest BCUT2D eigenvalue weighted by Crippen LogP contribution is -2.18. The molecule has 0 aliphatic rings. The normalized spacial score (nSPS) is 10.7. The van der Waals surface area contributed by atoms with E-state index in [0.717, 1.165) is 16.9 Å². The van der Waals surface area contributed by atoms with Crippen LogP contribution in [0.3, 0.4) is 0 Å². The van der Waals surface area contributed by atoms with Gasteiger partial charge in [-0.2, -0.15) is 5.10 Å². The number of hydrogen-bond donors (Lipinski definition) is 1. The molecule has 0 aliphatic heterocycles. The summed E-state index contributed by atoms with van der Waals surface area (Å²) in [5.74, 6) is 1.05. The third-order valence-corrected chi connectivity index (χ3v) is 4.59. The van der Waals surface area contributed by atoms with Crippen molar-refractivity contribution >= 4 is 17.2 Å². The lowest BCUT2D eigenvalue weighted by atomic mass is 10.1. The minimum atomic E-state index is -0.369. The molecular formula is C21H19N5O3. The molecule has 8 nitrogen and oxygen atoms in total. The first-order valence-electron chi connectivity index (χ1n) is 8.91. The number of aryl methyl sites for hydroxylation is 1. The number of amides is 1. The Bertz CT molecular complexity index is 1180. The van der Waals surface area contributed by atoms with Gasteiger partial charge >= 0.3 is 0 Å². The zero-order valence-corrected chi connectivity index (χ0v) is 16.2. The molecule has 1 amide bonds. The predicted octanol–water partition coefficient (Wildman–Crippen LogP) is 3.37. The van der Waals surface area contributed by atoms with Crippen LogP contribution in [0.5, 0.6) is 11.5 Å². The van der Waals surface area contributed by atoms with E-state index in [1.54, 1.807) is 56.1 Å². The maximum atomic E-state index is 12.7. The molecule has 146 valence electrons. The van der Waals surface area contributed by atoms with Crippen LogP contribution in [-0.2, 0) is 0 Å². The van der Waals surface area contributed by atoms with E-state index in [9.17, 15) is 4.79 Å². The van der Waals surface area contributed by atoms with Gasteiger partial charge in [-0.3, -0.25) is 4.79 Å². The van der Waals surface area contributed by atoms with E-state index >= 15 is 0 Å². The number of nitrogens with one attached hydrogen (secondary N) is 1. The molecule has 4 rings (SSSR count). The first-order valence-corrected chi connectivity index (χ1v) is 8.91. The number of aromatic nitrogens is 4. The Morgan fingerprint density at radius 2 is 1.76 bits per heavy atom. The molecule has 0 saturated heterocycles. The monoisotopic (exact) mass is 389 g/mol. The summed E-state index contributed by atoms with van der Waals surface area (Å²) in [5, 5.41) is 15.6. The van der Waals surface area contributed by atoms with Gasteiger partial charge in [0.1, 0.15) is 11.5 Å². The Balaban J connectivity index is 1.66. The molecule has 4 aromatic rings. The van der Waals surface area contributed by atoms with Crippen molar-refractivity contribution in [3.63, 3.8) is 0 Å². The van der Waals surface area contributed by atoms with Gasteiger partial charge in [-0.25, -0.2) is 4.52 Å². The van der Waals surface area contributed by atoms with Crippen molar-refractivity contribution in [2.24, 2.45) is 0 Å². The lowest BCUT2D eigenvalue weighted by molar-refractivity contribution is 0.102. The fourth-order valence-electron chi connectivity index (χ4n) is 3.03. The number of nitrogens with zero attached hydrogens (tertiary/aromatic N) is 4. The average Bonchev–Trinajstić information content (AvgIpc) is 3.19. The Kier molecular flexibility index (Phi) is 4.82. The summed E-state index contributed by atoms with van der Waals surface area (Å²) in [6, 6.07) is 14.7.